The van der Waals surface area contributed by atoms with Gasteiger partial charge in [0.15, 0.2) is 0 Å². The summed E-state index contributed by atoms with van der Waals surface area (Å²) >= 11 is 12.1. The van der Waals surface area contributed by atoms with Crippen LogP contribution in [-0.4, -0.2) is 15.4 Å². The molecule has 0 atom stereocenters. The Morgan fingerprint density at radius 3 is 2.67 bits per heavy atom. The molecule has 4 heteroatoms. The zero-order valence-electron chi connectivity index (χ0n) is 12.5. The summed E-state index contributed by atoms with van der Waals surface area (Å²) in [5.41, 5.74) is 2.21. The van der Waals surface area contributed by atoms with E-state index in [1.54, 1.807) is 0 Å². The smallest absolute Gasteiger partial charge is 0.111 e. The van der Waals surface area contributed by atoms with E-state index in [1.165, 1.54) is 37.6 Å². The van der Waals surface area contributed by atoms with Gasteiger partial charge in [-0.1, -0.05) is 24.9 Å². The quantitative estimate of drug-likeness (QED) is 0.668. The van der Waals surface area contributed by atoms with Gasteiger partial charge in [0, 0.05) is 23.4 Å². The number of aromatic nitrogens is 2. The van der Waals surface area contributed by atoms with E-state index < -0.39 is 0 Å². The van der Waals surface area contributed by atoms with E-state index in [9.17, 15) is 0 Å². The minimum Gasteiger partial charge on any atom is -0.325 e. The van der Waals surface area contributed by atoms with Gasteiger partial charge in [0.05, 0.1) is 11.0 Å². The Hall–Kier alpha value is -0.730. The molecule has 0 aliphatic heterocycles. The van der Waals surface area contributed by atoms with Crippen LogP contribution in [0.3, 0.4) is 0 Å². The molecule has 0 saturated heterocycles. The molecular formula is C17H22Cl2N2. The summed E-state index contributed by atoms with van der Waals surface area (Å²) in [7, 11) is 0. The van der Waals surface area contributed by atoms with Crippen molar-refractivity contribution in [2.45, 2.75) is 51.5 Å². The molecule has 2 aromatic rings. The van der Waals surface area contributed by atoms with Gasteiger partial charge < -0.3 is 4.57 Å². The third-order valence-electron chi connectivity index (χ3n) is 4.80. The van der Waals surface area contributed by atoms with Crippen molar-refractivity contribution in [1.82, 2.24) is 9.55 Å². The predicted molar refractivity (Wildman–Crippen MR) is 90.5 cm³/mol. The van der Waals surface area contributed by atoms with Gasteiger partial charge in [-0.05, 0) is 49.8 Å². The molecule has 1 saturated carbocycles. The maximum atomic E-state index is 6.11. The van der Waals surface area contributed by atoms with E-state index in [-0.39, 0.29) is 0 Å². The Balaban J connectivity index is 1.97. The highest BCUT2D eigenvalue weighted by Crippen LogP contribution is 2.36. The standard InChI is InChI=1S/C17H22Cl2N2/c1-2-12-3-6-14(7-4-12)21-16-8-5-13(19)11-15(16)20-17(21)9-10-18/h5,8,11-12,14H,2-4,6-7,9-10H2,1H3. The van der Waals surface area contributed by atoms with Crippen molar-refractivity contribution in [2.24, 2.45) is 5.92 Å². The van der Waals surface area contributed by atoms with Crippen molar-refractivity contribution < 1.29 is 0 Å². The van der Waals surface area contributed by atoms with Gasteiger partial charge in [-0.2, -0.15) is 0 Å². The van der Waals surface area contributed by atoms with E-state index in [0.717, 1.165) is 28.7 Å². The van der Waals surface area contributed by atoms with Crippen LogP contribution in [0.2, 0.25) is 5.02 Å². The van der Waals surface area contributed by atoms with Crippen LogP contribution >= 0.6 is 23.2 Å². The molecule has 3 rings (SSSR count). The molecule has 0 spiro atoms. The molecule has 0 N–H and O–H groups in total. The van der Waals surface area contributed by atoms with E-state index >= 15 is 0 Å². The third-order valence-corrected chi connectivity index (χ3v) is 5.23. The van der Waals surface area contributed by atoms with Gasteiger partial charge in [0.2, 0.25) is 0 Å². The first kappa shape index (κ1) is 15.2. The molecule has 1 heterocycles. The Kier molecular flexibility index (Phi) is 4.75. The molecule has 1 fully saturated rings. The van der Waals surface area contributed by atoms with Gasteiger partial charge >= 0.3 is 0 Å². The van der Waals surface area contributed by atoms with Gasteiger partial charge in [0.25, 0.3) is 0 Å². The number of alkyl halides is 1. The molecule has 1 aromatic carbocycles. The number of aryl methyl sites for hydroxylation is 1. The van der Waals surface area contributed by atoms with Crippen molar-refractivity contribution >= 4 is 34.2 Å². The van der Waals surface area contributed by atoms with Crippen molar-refractivity contribution in [2.75, 3.05) is 5.88 Å². The molecule has 1 aromatic heterocycles. The summed E-state index contributed by atoms with van der Waals surface area (Å²) in [5, 5.41) is 0.749. The van der Waals surface area contributed by atoms with Crippen LogP contribution in [0, 0.1) is 5.92 Å². The van der Waals surface area contributed by atoms with Crippen LogP contribution in [-0.2, 0) is 6.42 Å². The molecule has 21 heavy (non-hydrogen) atoms. The molecule has 1 aliphatic carbocycles. The number of fused-ring (bicyclic) bond motifs is 1. The summed E-state index contributed by atoms with van der Waals surface area (Å²) in [6.07, 6.45) is 7.29. The maximum absolute atomic E-state index is 6.11. The number of nitrogens with zero attached hydrogens (tertiary/aromatic N) is 2. The first-order valence-electron chi connectivity index (χ1n) is 7.95. The van der Waals surface area contributed by atoms with E-state index in [1.807, 2.05) is 12.1 Å². The van der Waals surface area contributed by atoms with Crippen molar-refractivity contribution in [3.63, 3.8) is 0 Å². The fourth-order valence-electron chi connectivity index (χ4n) is 3.60. The van der Waals surface area contributed by atoms with Crippen molar-refractivity contribution in [3.8, 4) is 0 Å². The average Bonchev–Trinajstić information content (AvgIpc) is 2.85. The Morgan fingerprint density at radius 1 is 1.24 bits per heavy atom. The molecule has 114 valence electrons. The fourth-order valence-corrected chi connectivity index (χ4v) is 3.94. The second-order valence-electron chi connectivity index (χ2n) is 6.05. The zero-order valence-corrected chi connectivity index (χ0v) is 14.0. The molecule has 0 bridgehead atoms. The normalized spacial score (nSPS) is 22.8. The summed E-state index contributed by atoms with van der Waals surface area (Å²) in [6, 6.07) is 6.60. The molecule has 0 unspecified atom stereocenters. The van der Waals surface area contributed by atoms with Gasteiger partial charge in [-0.15, -0.1) is 11.6 Å². The minimum absolute atomic E-state index is 0.567. The van der Waals surface area contributed by atoms with Crippen LogP contribution in [0.15, 0.2) is 18.2 Å². The predicted octanol–water partition coefficient (Wildman–Crippen LogP) is 5.61. The first-order chi connectivity index (χ1) is 10.2. The highest BCUT2D eigenvalue weighted by molar-refractivity contribution is 6.31. The number of halogens is 2. The maximum Gasteiger partial charge on any atom is 0.111 e. The number of hydrogen-bond acceptors (Lipinski definition) is 1. The highest BCUT2D eigenvalue weighted by atomic mass is 35.5. The van der Waals surface area contributed by atoms with Crippen molar-refractivity contribution in [3.05, 3.63) is 29.0 Å². The van der Waals surface area contributed by atoms with Gasteiger partial charge in [-0.25, -0.2) is 4.98 Å². The lowest BCUT2D eigenvalue weighted by Gasteiger charge is -2.30. The van der Waals surface area contributed by atoms with E-state index in [0.29, 0.717) is 11.9 Å². The second-order valence-corrected chi connectivity index (χ2v) is 6.87. The van der Waals surface area contributed by atoms with Crippen LogP contribution in [0.4, 0.5) is 0 Å². The molecule has 0 amide bonds. The summed E-state index contributed by atoms with van der Waals surface area (Å²) in [5.74, 6) is 2.63. The Labute approximate surface area is 136 Å². The molecule has 2 nitrogen and oxygen atoms in total. The van der Waals surface area contributed by atoms with Crippen LogP contribution < -0.4 is 0 Å². The first-order valence-corrected chi connectivity index (χ1v) is 8.86. The van der Waals surface area contributed by atoms with E-state index in [2.05, 4.69) is 17.6 Å². The lowest BCUT2D eigenvalue weighted by Crippen LogP contribution is -2.19. The second kappa shape index (κ2) is 6.58. The average molecular weight is 325 g/mol. The van der Waals surface area contributed by atoms with Crippen LogP contribution in [0.25, 0.3) is 11.0 Å². The third kappa shape index (κ3) is 3.07. The number of hydrogen-bond donors (Lipinski definition) is 0. The number of rotatable bonds is 4. The van der Waals surface area contributed by atoms with Crippen LogP contribution in [0.1, 0.15) is 50.9 Å². The molecule has 1 aliphatic rings. The summed E-state index contributed by atoms with van der Waals surface area (Å²) in [4.78, 5) is 4.77. The summed E-state index contributed by atoms with van der Waals surface area (Å²) in [6.45, 7) is 2.30. The Bertz CT molecular complexity index is 613. The summed E-state index contributed by atoms with van der Waals surface area (Å²) < 4.78 is 2.43. The van der Waals surface area contributed by atoms with Crippen molar-refractivity contribution in [1.29, 1.82) is 0 Å². The number of benzene rings is 1. The SMILES string of the molecule is CCC1CCC(n2c(CCCl)nc3cc(Cl)ccc32)CC1. The number of imidazole rings is 1. The fraction of sp³-hybridized carbons (Fsp3) is 0.588. The molecule has 0 radical (unpaired) electrons. The zero-order chi connectivity index (χ0) is 14.8. The monoisotopic (exact) mass is 324 g/mol. The Morgan fingerprint density at radius 2 is 2.00 bits per heavy atom. The minimum atomic E-state index is 0.567. The highest BCUT2D eigenvalue weighted by Gasteiger charge is 2.24. The lowest BCUT2D eigenvalue weighted by atomic mass is 9.84. The lowest BCUT2D eigenvalue weighted by molar-refractivity contribution is 0.270. The van der Waals surface area contributed by atoms with Gasteiger partial charge in [0.1, 0.15) is 5.82 Å². The molecular weight excluding hydrogens is 303 g/mol. The van der Waals surface area contributed by atoms with Gasteiger partial charge in [-0.3, -0.25) is 0 Å². The van der Waals surface area contributed by atoms with E-state index in [4.69, 9.17) is 28.2 Å². The van der Waals surface area contributed by atoms with Crippen LogP contribution in [0.5, 0.6) is 0 Å². The largest absolute Gasteiger partial charge is 0.325 e. The topological polar surface area (TPSA) is 17.8 Å².